The number of ether oxygens (including phenoxy) is 1. The van der Waals surface area contributed by atoms with E-state index in [4.69, 9.17) is 4.74 Å². The first kappa shape index (κ1) is 18.3. The summed E-state index contributed by atoms with van der Waals surface area (Å²) in [6.07, 6.45) is 0.356. The number of thiazole rings is 1. The predicted octanol–water partition coefficient (Wildman–Crippen LogP) is 0.639. The van der Waals surface area contributed by atoms with E-state index in [9.17, 15) is 9.90 Å². The molecule has 130 valence electrons. The van der Waals surface area contributed by atoms with Gasteiger partial charge in [-0.3, -0.25) is 4.79 Å². The molecule has 7 heteroatoms. The molecule has 0 aromatic carbocycles. The zero-order valence-corrected chi connectivity index (χ0v) is 15.0. The van der Waals surface area contributed by atoms with Crippen LogP contribution in [-0.4, -0.2) is 79.3 Å². The number of hydrogen-bond acceptors (Lipinski definition) is 6. The van der Waals surface area contributed by atoms with Gasteiger partial charge in [0.05, 0.1) is 23.7 Å². The van der Waals surface area contributed by atoms with Gasteiger partial charge in [-0.05, 0) is 19.9 Å². The summed E-state index contributed by atoms with van der Waals surface area (Å²) in [7, 11) is 3.75. The van der Waals surface area contributed by atoms with Gasteiger partial charge in [-0.25, -0.2) is 4.98 Å². The standard InChI is InChI=1S/C16H27N3O3S/c1-12-17-15(11-23-12)6-16(21)19-8-13(14(9-19)10-20)7-18(2)4-5-22-3/h11,13-14,20H,4-10H2,1-3H3/t13-,14-/m1/s1. The lowest BCUT2D eigenvalue weighted by Crippen LogP contribution is -2.34. The van der Waals surface area contributed by atoms with Crippen molar-refractivity contribution in [3.63, 3.8) is 0 Å². The van der Waals surface area contributed by atoms with Gasteiger partial charge >= 0.3 is 0 Å². The Morgan fingerprint density at radius 2 is 2.26 bits per heavy atom. The summed E-state index contributed by atoms with van der Waals surface area (Å²) in [6.45, 7) is 5.85. The zero-order chi connectivity index (χ0) is 16.8. The Morgan fingerprint density at radius 1 is 1.52 bits per heavy atom. The maximum atomic E-state index is 12.5. The van der Waals surface area contributed by atoms with Gasteiger partial charge in [-0.2, -0.15) is 0 Å². The number of aromatic nitrogens is 1. The fourth-order valence-corrected chi connectivity index (χ4v) is 3.66. The Labute approximate surface area is 142 Å². The van der Waals surface area contributed by atoms with Gasteiger partial charge in [0.15, 0.2) is 0 Å². The highest BCUT2D eigenvalue weighted by atomic mass is 32.1. The van der Waals surface area contributed by atoms with E-state index >= 15 is 0 Å². The highest BCUT2D eigenvalue weighted by Crippen LogP contribution is 2.24. The second-order valence-corrected chi connectivity index (χ2v) is 7.35. The highest BCUT2D eigenvalue weighted by molar-refractivity contribution is 7.09. The van der Waals surface area contributed by atoms with Crippen LogP contribution >= 0.6 is 11.3 Å². The molecule has 0 spiro atoms. The number of likely N-dealkylation sites (N-methyl/N-ethyl adjacent to an activating group) is 1. The van der Waals surface area contributed by atoms with Crippen LogP contribution in [0.2, 0.25) is 0 Å². The van der Waals surface area contributed by atoms with Crippen molar-refractivity contribution < 1.29 is 14.6 Å². The first-order valence-electron chi connectivity index (χ1n) is 8.00. The van der Waals surface area contributed by atoms with Crippen molar-refractivity contribution >= 4 is 17.2 Å². The Balaban J connectivity index is 1.88. The number of aryl methyl sites for hydroxylation is 1. The third-order valence-electron chi connectivity index (χ3n) is 4.39. The first-order chi connectivity index (χ1) is 11.0. The SMILES string of the molecule is COCCN(C)C[C@@H]1CN(C(=O)Cc2csc(C)n2)C[C@@H]1CO. The van der Waals surface area contributed by atoms with Crippen LogP contribution in [0, 0.1) is 18.8 Å². The summed E-state index contributed by atoms with van der Waals surface area (Å²) < 4.78 is 5.10. The number of rotatable bonds is 8. The molecule has 2 heterocycles. The van der Waals surface area contributed by atoms with Gasteiger partial charge in [-0.15, -0.1) is 11.3 Å². The molecule has 0 aliphatic carbocycles. The molecular weight excluding hydrogens is 314 g/mol. The molecule has 2 rings (SSSR count). The molecular formula is C16H27N3O3S. The Kier molecular flexibility index (Phi) is 6.95. The van der Waals surface area contributed by atoms with E-state index in [0.29, 0.717) is 32.0 Å². The van der Waals surface area contributed by atoms with E-state index in [1.54, 1.807) is 18.4 Å². The summed E-state index contributed by atoms with van der Waals surface area (Å²) in [5.74, 6) is 0.569. The molecule has 0 unspecified atom stereocenters. The van der Waals surface area contributed by atoms with Crippen LogP contribution in [0.25, 0.3) is 0 Å². The smallest absolute Gasteiger partial charge is 0.228 e. The van der Waals surface area contributed by atoms with Crippen molar-refractivity contribution in [2.24, 2.45) is 11.8 Å². The maximum Gasteiger partial charge on any atom is 0.228 e. The molecule has 1 aromatic heterocycles. The van der Waals surface area contributed by atoms with E-state index < -0.39 is 0 Å². The molecule has 0 bridgehead atoms. The summed E-state index contributed by atoms with van der Waals surface area (Å²) >= 11 is 1.57. The van der Waals surface area contributed by atoms with Gasteiger partial charge < -0.3 is 19.6 Å². The van der Waals surface area contributed by atoms with Gasteiger partial charge in [0.25, 0.3) is 0 Å². The summed E-state index contributed by atoms with van der Waals surface area (Å²) in [5.41, 5.74) is 0.846. The lowest BCUT2D eigenvalue weighted by molar-refractivity contribution is -0.129. The van der Waals surface area contributed by atoms with Gasteiger partial charge in [0, 0.05) is 51.2 Å². The van der Waals surface area contributed by atoms with Crippen molar-refractivity contribution in [1.82, 2.24) is 14.8 Å². The predicted molar refractivity (Wildman–Crippen MR) is 90.6 cm³/mol. The summed E-state index contributed by atoms with van der Waals surface area (Å²) in [5, 5.41) is 12.6. The van der Waals surface area contributed by atoms with Crippen molar-refractivity contribution in [2.75, 3.05) is 53.6 Å². The van der Waals surface area contributed by atoms with Crippen molar-refractivity contribution in [3.05, 3.63) is 16.1 Å². The highest BCUT2D eigenvalue weighted by Gasteiger charge is 2.35. The maximum absolute atomic E-state index is 12.5. The molecule has 1 amide bonds. The van der Waals surface area contributed by atoms with Crippen LogP contribution in [0.3, 0.4) is 0 Å². The second-order valence-electron chi connectivity index (χ2n) is 6.29. The lowest BCUT2D eigenvalue weighted by atomic mass is 9.96. The fraction of sp³-hybridized carbons (Fsp3) is 0.750. The number of carbonyl (C=O) groups is 1. The van der Waals surface area contributed by atoms with Crippen LogP contribution in [0.5, 0.6) is 0 Å². The summed E-state index contributed by atoms with van der Waals surface area (Å²) in [4.78, 5) is 20.9. The molecule has 1 fully saturated rings. The average Bonchev–Trinajstić information content (AvgIpc) is 3.11. The molecule has 23 heavy (non-hydrogen) atoms. The molecule has 1 aliphatic heterocycles. The largest absolute Gasteiger partial charge is 0.396 e. The van der Waals surface area contributed by atoms with E-state index in [1.165, 1.54) is 0 Å². The number of methoxy groups -OCH3 is 1. The fourth-order valence-electron chi connectivity index (χ4n) is 3.05. The Bertz CT molecular complexity index is 509. The molecule has 1 saturated heterocycles. The van der Waals surface area contributed by atoms with Gasteiger partial charge in [0.1, 0.15) is 0 Å². The van der Waals surface area contributed by atoms with E-state index in [2.05, 4.69) is 16.9 Å². The molecule has 1 aliphatic rings. The molecule has 0 radical (unpaired) electrons. The number of nitrogens with zero attached hydrogens (tertiary/aromatic N) is 3. The van der Waals surface area contributed by atoms with Crippen molar-refractivity contribution in [2.45, 2.75) is 13.3 Å². The third-order valence-corrected chi connectivity index (χ3v) is 5.21. The number of aliphatic hydroxyl groups is 1. The third kappa shape index (κ3) is 5.24. The lowest BCUT2D eigenvalue weighted by Gasteiger charge is -2.23. The number of likely N-dealkylation sites (tertiary alicyclic amines) is 1. The molecule has 2 atom stereocenters. The second kappa shape index (κ2) is 8.73. The normalized spacial score (nSPS) is 21.3. The zero-order valence-electron chi connectivity index (χ0n) is 14.2. The van der Waals surface area contributed by atoms with E-state index in [0.717, 1.165) is 23.8 Å². The number of hydrogen-bond donors (Lipinski definition) is 1. The minimum atomic E-state index is 0.107. The quantitative estimate of drug-likeness (QED) is 0.752. The Morgan fingerprint density at radius 3 is 2.87 bits per heavy atom. The molecule has 0 saturated carbocycles. The van der Waals surface area contributed by atoms with Crippen LogP contribution in [0.4, 0.5) is 0 Å². The molecule has 1 N–H and O–H groups in total. The van der Waals surface area contributed by atoms with Gasteiger partial charge in [-0.1, -0.05) is 0 Å². The van der Waals surface area contributed by atoms with E-state index in [-0.39, 0.29) is 18.4 Å². The Hall–Kier alpha value is -1.02. The topological polar surface area (TPSA) is 65.9 Å². The van der Waals surface area contributed by atoms with Crippen molar-refractivity contribution in [3.8, 4) is 0 Å². The van der Waals surface area contributed by atoms with Gasteiger partial charge in [0.2, 0.25) is 5.91 Å². The van der Waals surface area contributed by atoms with Crippen LogP contribution < -0.4 is 0 Å². The number of aliphatic hydroxyl groups excluding tert-OH is 1. The number of carbonyl (C=O) groups excluding carboxylic acids is 1. The molecule has 1 aromatic rings. The monoisotopic (exact) mass is 341 g/mol. The van der Waals surface area contributed by atoms with Crippen LogP contribution in [0.1, 0.15) is 10.7 Å². The minimum Gasteiger partial charge on any atom is -0.396 e. The average molecular weight is 341 g/mol. The van der Waals surface area contributed by atoms with E-state index in [1.807, 2.05) is 17.2 Å². The molecule has 6 nitrogen and oxygen atoms in total. The number of amides is 1. The summed E-state index contributed by atoms with van der Waals surface area (Å²) in [6, 6.07) is 0. The van der Waals surface area contributed by atoms with Crippen LogP contribution in [0.15, 0.2) is 5.38 Å². The van der Waals surface area contributed by atoms with Crippen molar-refractivity contribution in [1.29, 1.82) is 0 Å². The minimum absolute atomic E-state index is 0.107. The first-order valence-corrected chi connectivity index (χ1v) is 8.88. The van der Waals surface area contributed by atoms with Crippen LogP contribution in [-0.2, 0) is 16.0 Å².